The van der Waals surface area contributed by atoms with Gasteiger partial charge in [0.15, 0.2) is 0 Å². The minimum absolute atomic E-state index is 0.00949. The first-order chi connectivity index (χ1) is 14.8. The van der Waals surface area contributed by atoms with Crippen molar-refractivity contribution in [2.24, 2.45) is 0 Å². The van der Waals surface area contributed by atoms with Gasteiger partial charge in [-0.3, -0.25) is 9.55 Å². The van der Waals surface area contributed by atoms with Crippen LogP contribution in [0.15, 0.2) is 58.5 Å². The van der Waals surface area contributed by atoms with Crippen LogP contribution in [-0.4, -0.2) is 24.7 Å². The van der Waals surface area contributed by atoms with E-state index in [1.54, 1.807) is 6.20 Å². The molecule has 1 aromatic carbocycles. The number of aromatic hydroxyl groups is 1. The highest BCUT2D eigenvalue weighted by molar-refractivity contribution is 8.00. The molecule has 1 aliphatic carbocycles. The first kappa shape index (κ1) is 21.5. The van der Waals surface area contributed by atoms with E-state index >= 15 is 0 Å². The Hall–Kier alpha value is -2.68. The molecule has 2 heterocycles. The number of pyridine rings is 1. The van der Waals surface area contributed by atoms with Gasteiger partial charge in [-0.2, -0.15) is 13.2 Å². The highest BCUT2D eigenvalue weighted by Gasteiger charge is 2.29. The first-order valence-corrected chi connectivity index (χ1v) is 10.9. The van der Waals surface area contributed by atoms with E-state index in [1.807, 2.05) is 12.1 Å². The van der Waals surface area contributed by atoms with Crippen molar-refractivity contribution < 1.29 is 18.3 Å². The summed E-state index contributed by atoms with van der Waals surface area (Å²) in [7, 11) is 0. The minimum Gasteiger partial charge on any atom is -0.493 e. The number of imidazole rings is 1. The second-order valence-corrected chi connectivity index (χ2v) is 8.84. The molecule has 3 aromatic rings. The van der Waals surface area contributed by atoms with Crippen molar-refractivity contribution in [2.75, 3.05) is 0 Å². The monoisotopic (exact) mass is 449 g/mol. The van der Waals surface area contributed by atoms with E-state index in [9.17, 15) is 23.1 Å². The summed E-state index contributed by atoms with van der Waals surface area (Å²) in [5.41, 5.74) is -2.61. The summed E-state index contributed by atoms with van der Waals surface area (Å²) < 4.78 is 40.0. The van der Waals surface area contributed by atoms with Gasteiger partial charge in [-0.25, -0.2) is 9.36 Å². The van der Waals surface area contributed by atoms with E-state index in [0.29, 0.717) is 11.6 Å². The summed E-state index contributed by atoms with van der Waals surface area (Å²) in [6, 6.07) is 9.17. The second-order valence-electron chi connectivity index (χ2n) is 7.70. The number of rotatable bonds is 5. The van der Waals surface area contributed by atoms with Crippen LogP contribution < -0.4 is 5.69 Å². The lowest BCUT2D eigenvalue weighted by Crippen LogP contribution is -2.23. The molecule has 4 rings (SSSR count). The van der Waals surface area contributed by atoms with Crippen molar-refractivity contribution in [2.45, 2.75) is 55.0 Å². The van der Waals surface area contributed by atoms with Crippen molar-refractivity contribution in [1.29, 1.82) is 0 Å². The zero-order valence-electron chi connectivity index (χ0n) is 16.7. The smallest absolute Gasteiger partial charge is 0.446 e. The number of alkyl halides is 3. The number of halogens is 3. The number of aromatic nitrogens is 3. The summed E-state index contributed by atoms with van der Waals surface area (Å²) in [5.74, 6) is 0.166. The summed E-state index contributed by atoms with van der Waals surface area (Å²) in [4.78, 5) is 17.4. The minimum atomic E-state index is -4.38. The average molecular weight is 449 g/mol. The van der Waals surface area contributed by atoms with E-state index in [2.05, 4.69) is 4.98 Å². The van der Waals surface area contributed by atoms with Crippen molar-refractivity contribution >= 4 is 11.8 Å². The van der Waals surface area contributed by atoms with E-state index in [0.717, 1.165) is 28.7 Å². The van der Waals surface area contributed by atoms with E-state index in [-0.39, 0.29) is 29.1 Å². The fourth-order valence-corrected chi connectivity index (χ4v) is 4.58. The van der Waals surface area contributed by atoms with Gasteiger partial charge in [0, 0.05) is 22.7 Å². The standard InChI is InChI=1S/C22H22F3N3O2S/c23-22(24,25)31-18-8-6-17(7-9-18)28-20(29)14-27(21(28)30)13-15-10-11-26-19(12-15)16-4-2-1-3-5-16/h6-12,14,16,29H,1-5,13H2. The number of nitrogens with zero attached hydrogens (tertiary/aromatic N) is 3. The summed E-state index contributed by atoms with van der Waals surface area (Å²) >= 11 is -0.228. The predicted octanol–water partition coefficient (Wildman–Crippen LogP) is 5.45. The van der Waals surface area contributed by atoms with Crippen molar-refractivity contribution in [1.82, 2.24) is 14.1 Å². The molecular formula is C22H22F3N3O2S. The van der Waals surface area contributed by atoms with Crippen molar-refractivity contribution in [3.8, 4) is 11.6 Å². The van der Waals surface area contributed by atoms with E-state index in [4.69, 9.17) is 0 Å². The molecule has 0 spiro atoms. The second kappa shape index (κ2) is 8.82. The Labute approximate surface area is 181 Å². The molecular weight excluding hydrogens is 427 g/mol. The zero-order chi connectivity index (χ0) is 22.0. The summed E-state index contributed by atoms with van der Waals surface area (Å²) in [5, 5.41) is 10.3. The zero-order valence-corrected chi connectivity index (χ0v) is 17.5. The Morgan fingerprint density at radius 2 is 1.81 bits per heavy atom. The Bertz CT molecular complexity index is 1100. The maximum absolute atomic E-state index is 12.9. The topological polar surface area (TPSA) is 60.1 Å². The largest absolute Gasteiger partial charge is 0.493 e. The van der Waals surface area contributed by atoms with Crippen LogP contribution in [0.3, 0.4) is 0 Å². The third kappa shape index (κ3) is 5.15. The van der Waals surface area contributed by atoms with Crippen LogP contribution in [0.4, 0.5) is 13.2 Å². The molecule has 31 heavy (non-hydrogen) atoms. The number of hydrogen-bond donors (Lipinski definition) is 1. The fourth-order valence-electron chi connectivity index (χ4n) is 4.04. The fraction of sp³-hybridized carbons (Fsp3) is 0.364. The van der Waals surface area contributed by atoms with Crippen LogP contribution in [0.2, 0.25) is 0 Å². The molecule has 9 heteroatoms. The lowest BCUT2D eigenvalue weighted by molar-refractivity contribution is -0.0328. The quantitative estimate of drug-likeness (QED) is 0.527. The summed E-state index contributed by atoms with van der Waals surface area (Å²) in [6.07, 6.45) is 8.99. The van der Waals surface area contributed by atoms with Gasteiger partial charge in [-0.05, 0) is 66.6 Å². The lowest BCUT2D eigenvalue weighted by Gasteiger charge is -2.21. The molecule has 0 bridgehead atoms. The lowest BCUT2D eigenvalue weighted by atomic mass is 9.86. The number of hydrogen-bond acceptors (Lipinski definition) is 4. The molecule has 2 aromatic heterocycles. The molecule has 164 valence electrons. The average Bonchev–Trinajstić information content (AvgIpc) is 3.01. The number of benzene rings is 1. The Morgan fingerprint density at radius 3 is 2.48 bits per heavy atom. The molecule has 0 atom stereocenters. The molecule has 0 radical (unpaired) electrons. The first-order valence-electron chi connectivity index (χ1n) is 10.1. The van der Waals surface area contributed by atoms with Gasteiger partial charge in [0.2, 0.25) is 5.88 Å². The highest BCUT2D eigenvalue weighted by atomic mass is 32.2. The maximum Gasteiger partial charge on any atom is 0.446 e. The van der Waals surface area contributed by atoms with Gasteiger partial charge in [0.1, 0.15) is 0 Å². The Morgan fingerprint density at radius 1 is 1.10 bits per heavy atom. The van der Waals surface area contributed by atoms with Crippen molar-refractivity contribution in [3.05, 3.63) is 70.5 Å². The molecule has 0 amide bonds. The maximum atomic E-state index is 12.9. The van der Waals surface area contributed by atoms with Crippen LogP contribution in [0, 0.1) is 0 Å². The highest BCUT2D eigenvalue weighted by Crippen LogP contribution is 2.37. The van der Waals surface area contributed by atoms with Gasteiger partial charge in [-0.1, -0.05) is 19.3 Å². The number of thioether (sulfide) groups is 1. The van der Waals surface area contributed by atoms with E-state index < -0.39 is 11.2 Å². The normalized spacial score (nSPS) is 15.3. The van der Waals surface area contributed by atoms with Gasteiger partial charge >= 0.3 is 11.2 Å². The third-order valence-electron chi connectivity index (χ3n) is 5.49. The van der Waals surface area contributed by atoms with Gasteiger partial charge in [0.25, 0.3) is 0 Å². The predicted molar refractivity (Wildman–Crippen MR) is 113 cm³/mol. The molecule has 1 N–H and O–H groups in total. The molecule has 5 nitrogen and oxygen atoms in total. The molecule has 0 aliphatic heterocycles. The Kier molecular flexibility index (Phi) is 6.13. The molecule has 1 saturated carbocycles. The molecule has 1 aliphatic rings. The van der Waals surface area contributed by atoms with Crippen LogP contribution in [0.5, 0.6) is 5.88 Å². The Balaban J connectivity index is 1.56. The molecule has 0 unspecified atom stereocenters. The van der Waals surface area contributed by atoms with Crippen molar-refractivity contribution in [3.63, 3.8) is 0 Å². The van der Waals surface area contributed by atoms with Gasteiger partial charge in [0.05, 0.1) is 18.4 Å². The van der Waals surface area contributed by atoms with E-state index in [1.165, 1.54) is 54.3 Å². The van der Waals surface area contributed by atoms with Gasteiger partial charge < -0.3 is 5.11 Å². The molecule has 1 fully saturated rings. The summed E-state index contributed by atoms with van der Waals surface area (Å²) in [6.45, 7) is 0.268. The van der Waals surface area contributed by atoms with Gasteiger partial charge in [-0.15, -0.1) is 0 Å². The SMILES string of the molecule is O=c1n(Cc2ccnc(C3CCCCC3)c2)cc(O)n1-c1ccc(SC(F)(F)F)cc1. The van der Waals surface area contributed by atoms with Crippen LogP contribution >= 0.6 is 11.8 Å². The molecule has 0 saturated heterocycles. The van der Waals surface area contributed by atoms with Crippen LogP contribution in [-0.2, 0) is 6.54 Å². The van der Waals surface area contributed by atoms with Crippen LogP contribution in [0.1, 0.15) is 49.3 Å². The third-order valence-corrected chi connectivity index (χ3v) is 6.23. The van der Waals surface area contributed by atoms with Crippen LogP contribution in [0.25, 0.3) is 5.69 Å².